The Hall–Kier alpha value is -0.780. The van der Waals surface area contributed by atoms with E-state index in [1.165, 1.54) is 36.4 Å². The van der Waals surface area contributed by atoms with E-state index in [9.17, 15) is 0 Å². The van der Waals surface area contributed by atoms with Crippen LogP contribution in [0, 0.1) is 6.92 Å². The minimum atomic E-state index is 0.941. The quantitative estimate of drug-likeness (QED) is 0.602. The Labute approximate surface area is 144 Å². The summed E-state index contributed by atoms with van der Waals surface area (Å²) in [6, 6.07) is 8.73. The van der Waals surface area contributed by atoms with Crippen LogP contribution < -0.4 is 10.2 Å². The van der Waals surface area contributed by atoms with Gasteiger partial charge in [-0.2, -0.15) is 11.8 Å². The molecule has 0 unspecified atom stereocenters. The van der Waals surface area contributed by atoms with E-state index in [4.69, 9.17) is 12.2 Å². The molecule has 122 valence electrons. The summed E-state index contributed by atoms with van der Waals surface area (Å²) >= 11 is 7.40. The second-order valence-electron chi connectivity index (χ2n) is 5.92. The predicted molar refractivity (Wildman–Crippen MR) is 101 cm³/mol. The standard InChI is InChI=1S/C17H27N3S2/c1-15-6-3-4-7-16(15)14-19-9-11-20(12-10-19)17(21)18-8-5-13-22-2/h3-4,6-7H,5,8-14H2,1-2H3,(H,18,21)/p+1. The second-order valence-corrected chi connectivity index (χ2v) is 7.29. The molecule has 0 aliphatic carbocycles. The number of nitrogens with one attached hydrogen (secondary N) is 2. The van der Waals surface area contributed by atoms with Crippen molar-refractivity contribution in [3.05, 3.63) is 35.4 Å². The van der Waals surface area contributed by atoms with Crippen molar-refractivity contribution in [2.75, 3.05) is 44.7 Å². The van der Waals surface area contributed by atoms with Gasteiger partial charge in [0.1, 0.15) is 6.54 Å². The Morgan fingerprint density at radius 3 is 2.73 bits per heavy atom. The summed E-state index contributed by atoms with van der Waals surface area (Å²) in [4.78, 5) is 3.99. The van der Waals surface area contributed by atoms with Crippen LogP contribution in [0.4, 0.5) is 0 Å². The fourth-order valence-corrected chi connectivity index (χ4v) is 3.52. The van der Waals surface area contributed by atoms with Crippen molar-refractivity contribution in [1.82, 2.24) is 10.2 Å². The first-order chi connectivity index (χ1) is 10.7. The lowest BCUT2D eigenvalue weighted by atomic mass is 10.1. The monoisotopic (exact) mass is 338 g/mol. The smallest absolute Gasteiger partial charge is 0.169 e. The zero-order chi connectivity index (χ0) is 15.8. The molecular weight excluding hydrogens is 310 g/mol. The topological polar surface area (TPSA) is 19.7 Å². The maximum absolute atomic E-state index is 5.51. The first-order valence-electron chi connectivity index (χ1n) is 8.10. The summed E-state index contributed by atoms with van der Waals surface area (Å²) in [5.74, 6) is 1.20. The van der Waals surface area contributed by atoms with Crippen molar-refractivity contribution in [3.63, 3.8) is 0 Å². The molecule has 2 rings (SSSR count). The number of quaternary nitrogens is 1. The summed E-state index contributed by atoms with van der Waals surface area (Å²) in [5.41, 5.74) is 2.88. The van der Waals surface area contributed by atoms with Crippen molar-refractivity contribution in [1.29, 1.82) is 0 Å². The van der Waals surface area contributed by atoms with Crippen molar-refractivity contribution >= 4 is 29.1 Å². The summed E-state index contributed by atoms with van der Waals surface area (Å²) in [7, 11) is 0. The molecule has 0 saturated carbocycles. The van der Waals surface area contributed by atoms with Gasteiger partial charge in [0.2, 0.25) is 0 Å². The van der Waals surface area contributed by atoms with Gasteiger partial charge >= 0.3 is 0 Å². The number of thioether (sulfide) groups is 1. The summed E-state index contributed by atoms with van der Waals surface area (Å²) < 4.78 is 0. The minimum absolute atomic E-state index is 0.941. The lowest BCUT2D eigenvalue weighted by Crippen LogP contribution is -3.13. The van der Waals surface area contributed by atoms with Gasteiger partial charge in [0.05, 0.1) is 26.2 Å². The van der Waals surface area contributed by atoms with E-state index in [1.54, 1.807) is 4.90 Å². The Kier molecular flexibility index (Phi) is 7.49. The summed E-state index contributed by atoms with van der Waals surface area (Å²) in [6.07, 6.45) is 3.33. The molecule has 22 heavy (non-hydrogen) atoms. The number of nitrogens with zero attached hydrogens (tertiary/aromatic N) is 1. The van der Waals surface area contributed by atoms with Gasteiger partial charge in [0.25, 0.3) is 0 Å². The number of hydrogen-bond acceptors (Lipinski definition) is 2. The molecule has 1 aliphatic heterocycles. The van der Waals surface area contributed by atoms with Crippen LogP contribution in [0.15, 0.2) is 24.3 Å². The predicted octanol–water partition coefficient (Wildman–Crippen LogP) is 1.32. The molecular formula is C17H28N3S2+. The SMILES string of the molecule is CSCCCNC(=S)N1CC[NH+](Cc2ccccc2C)CC1. The van der Waals surface area contributed by atoms with Crippen LogP contribution in [0.25, 0.3) is 0 Å². The molecule has 1 fully saturated rings. The fourth-order valence-electron chi connectivity index (χ4n) is 2.80. The highest BCUT2D eigenvalue weighted by molar-refractivity contribution is 7.98. The zero-order valence-corrected chi connectivity index (χ0v) is 15.4. The Balaban J connectivity index is 1.71. The third kappa shape index (κ3) is 5.45. The molecule has 1 heterocycles. The van der Waals surface area contributed by atoms with Crippen LogP contribution in [0.2, 0.25) is 0 Å². The maximum atomic E-state index is 5.51. The average Bonchev–Trinajstić information content (AvgIpc) is 2.54. The molecule has 0 atom stereocenters. The normalized spacial score (nSPS) is 15.8. The van der Waals surface area contributed by atoms with E-state index in [0.29, 0.717) is 0 Å². The number of thiocarbonyl (C=S) groups is 1. The highest BCUT2D eigenvalue weighted by Crippen LogP contribution is 2.05. The molecule has 0 spiro atoms. The first-order valence-corrected chi connectivity index (χ1v) is 9.90. The van der Waals surface area contributed by atoms with Crippen molar-refractivity contribution in [2.45, 2.75) is 19.9 Å². The summed E-state index contributed by atoms with van der Waals surface area (Å²) in [6.45, 7) is 8.80. The number of piperazine rings is 1. The third-order valence-corrected chi connectivity index (χ3v) is 5.36. The van der Waals surface area contributed by atoms with E-state index >= 15 is 0 Å². The van der Waals surface area contributed by atoms with E-state index in [2.05, 4.69) is 47.7 Å². The summed E-state index contributed by atoms with van der Waals surface area (Å²) in [5, 5.41) is 4.34. The molecule has 1 aliphatic rings. The van der Waals surface area contributed by atoms with Crippen molar-refractivity contribution < 1.29 is 4.90 Å². The first kappa shape index (κ1) is 17.6. The number of hydrogen-bond donors (Lipinski definition) is 2. The van der Waals surface area contributed by atoms with Gasteiger partial charge in [-0.25, -0.2) is 0 Å². The van der Waals surface area contributed by atoms with Crippen LogP contribution in [0.3, 0.4) is 0 Å². The van der Waals surface area contributed by atoms with Gasteiger partial charge in [-0.1, -0.05) is 24.3 Å². The minimum Gasteiger partial charge on any atom is -0.363 e. The molecule has 1 saturated heterocycles. The van der Waals surface area contributed by atoms with Gasteiger partial charge in [-0.15, -0.1) is 0 Å². The fraction of sp³-hybridized carbons (Fsp3) is 0.588. The van der Waals surface area contributed by atoms with Crippen molar-refractivity contribution in [3.8, 4) is 0 Å². The molecule has 0 bridgehead atoms. The zero-order valence-electron chi connectivity index (χ0n) is 13.7. The molecule has 2 N–H and O–H groups in total. The molecule has 1 aromatic carbocycles. The van der Waals surface area contributed by atoms with Crippen LogP contribution in [0.5, 0.6) is 0 Å². The van der Waals surface area contributed by atoms with Gasteiger partial charge < -0.3 is 15.1 Å². The van der Waals surface area contributed by atoms with E-state index in [-0.39, 0.29) is 0 Å². The molecule has 0 radical (unpaired) electrons. The molecule has 0 amide bonds. The lowest BCUT2D eigenvalue weighted by Gasteiger charge is -2.34. The highest BCUT2D eigenvalue weighted by atomic mass is 32.2. The van der Waals surface area contributed by atoms with Gasteiger partial charge in [0, 0.05) is 12.1 Å². The molecule has 5 heteroatoms. The number of benzene rings is 1. The number of aryl methyl sites for hydroxylation is 1. The molecule has 3 nitrogen and oxygen atoms in total. The number of rotatable bonds is 6. The molecule has 0 aromatic heterocycles. The van der Waals surface area contributed by atoms with Gasteiger partial charge in [0.15, 0.2) is 5.11 Å². The van der Waals surface area contributed by atoms with Crippen LogP contribution in [-0.2, 0) is 6.54 Å². The Morgan fingerprint density at radius 2 is 2.05 bits per heavy atom. The third-order valence-electron chi connectivity index (χ3n) is 4.26. The van der Waals surface area contributed by atoms with Crippen LogP contribution in [0.1, 0.15) is 17.5 Å². The average molecular weight is 339 g/mol. The second kappa shape index (κ2) is 9.38. The lowest BCUT2D eigenvalue weighted by molar-refractivity contribution is -0.917. The van der Waals surface area contributed by atoms with E-state index in [0.717, 1.165) is 31.3 Å². The maximum Gasteiger partial charge on any atom is 0.169 e. The Bertz CT molecular complexity index is 471. The van der Waals surface area contributed by atoms with Gasteiger partial charge in [-0.05, 0) is 43.1 Å². The van der Waals surface area contributed by atoms with Gasteiger partial charge in [-0.3, -0.25) is 0 Å². The molecule has 1 aromatic rings. The van der Waals surface area contributed by atoms with E-state index < -0.39 is 0 Å². The highest BCUT2D eigenvalue weighted by Gasteiger charge is 2.21. The van der Waals surface area contributed by atoms with E-state index in [1.807, 2.05) is 11.8 Å². The largest absolute Gasteiger partial charge is 0.363 e. The van der Waals surface area contributed by atoms with Crippen molar-refractivity contribution in [2.24, 2.45) is 0 Å². The van der Waals surface area contributed by atoms with Crippen LogP contribution >= 0.6 is 24.0 Å². The Morgan fingerprint density at radius 1 is 1.32 bits per heavy atom. The van der Waals surface area contributed by atoms with Crippen LogP contribution in [-0.4, -0.2) is 54.7 Å².